The second-order valence-corrected chi connectivity index (χ2v) is 8.93. The summed E-state index contributed by atoms with van der Waals surface area (Å²) < 4.78 is 26.4. The number of aliphatic hydroxyl groups excluding tert-OH is 1. The van der Waals surface area contributed by atoms with Crippen molar-refractivity contribution in [2.45, 2.75) is 25.3 Å². The zero-order chi connectivity index (χ0) is 25.1. The number of rotatable bonds is 1. The summed E-state index contributed by atoms with van der Waals surface area (Å²) >= 11 is 0. The van der Waals surface area contributed by atoms with Gasteiger partial charge in [0.05, 0.1) is 19.1 Å². The van der Waals surface area contributed by atoms with Crippen LogP contribution < -0.4 is 14.8 Å². The smallest absolute Gasteiger partial charge is 0.249 e. The van der Waals surface area contributed by atoms with Gasteiger partial charge in [-0.05, 0) is 71.5 Å². The highest BCUT2D eigenvalue weighted by atomic mass is 19.1. The molecule has 186 valence electrons. The van der Waals surface area contributed by atoms with Crippen molar-refractivity contribution in [1.82, 2.24) is 10.2 Å². The normalized spacial score (nSPS) is 17.7. The highest BCUT2D eigenvalue weighted by Crippen LogP contribution is 2.39. The molecule has 0 aliphatic carbocycles. The molecule has 0 spiro atoms. The standard InChI is InChI=1S/C28H27FN2O5/c29-24-8-5-18-13-25(24)36-22-6-7-23-19(15-22)9-11-31(27(34)17-32)28(23)20-3-1-4-21(16-20)35-12-2-10-30-26(33)14-18/h1,3-8,13,15-16,28,32H,2,9-12,14,17H2,(H,30,33). The molecule has 6 rings (SSSR count). The van der Waals surface area contributed by atoms with E-state index in [0.717, 1.165) is 16.7 Å². The van der Waals surface area contributed by atoms with Crippen LogP contribution in [0.15, 0.2) is 60.7 Å². The molecule has 0 saturated carbocycles. The van der Waals surface area contributed by atoms with Gasteiger partial charge in [-0.2, -0.15) is 0 Å². The number of benzene rings is 3. The second kappa shape index (κ2) is 10.4. The van der Waals surface area contributed by atoms with E-state index in [0.29, 0.717) is 49.6 Å². The summed E-state index contributed by atoms with van der Waals surface area (Å²) in [5, 5.41) is 12.5. The number of fused-ring (bicyclic) bond motifs is 7. The molecule has 3 aromatic rings. The Morgan fingerprint density at radius 3 is 2.86 bits per heavy atom. The Balaban J connectivity index is 1.57. The summed E-state index contributed by atoms with van der Waals surface area (Å²) in [4.78, 5) is 26.7. The molecule has 3 aliphatic rings. The van der Waals surface area contributed by atoms with E-state index in [2.05, 4.69) is 5.32 Å². The molecule has 0 fully saturated rings. The monoisotopic (exact) mass is 490 g/mol. The molecule has 1 atom stereocenters. The van der Waals surface area contributed by atoms with Gasteiger partial charge in [0.25, 0.3) is 0 Å². The second-order valence-electron chi connectivity index (χ2n) is 8.93. The van der Waals surface area contributed by atoms with Crippen molar-refractivity contribution in [3.05, 3.63) is 88.7 Å². The van der Waals surface area contributed by atoms with Gasteiger partial charge in [-0.1, -0.05) is 24.3 Å². The van der Waals surface area contributed by atoms with E-state index in [4.69, 9.17) is 9.47 Å². The number of nitrogens with one attached hydrogen (secondary N) is 1. The first kappa shape index (κ1) is 23.8. The van der Waals surface area contributed by atoms with Gasteiger partial charge in [-0.25, -0.2) is 4.39 Å². The van der Waals surface area contributed by atoms with E-state index in [-0.39, 0.29) is 24.0 Å². The predicted octanol–water partition coefficient (Wildman–Crippen LogP) is 3.53. The Morgan fingerprint density at radius 2 is 2.00 bits per heavy atom. The molecule has 0 radical (unpaired) electrons. The molecule has 0 saturated heterocycles. The van der Waals surface area contributed by atoms with E-state index in [1.807, 2.05) is 36.4 Å². The molecule has 1 unspecified atom stereocenters. The largest absolute Gasteiger partial charge is 0.494 e. The Labute approximate surface area is 208 Å². The molecule has 7 nitrogen and oxygen atoms in total. The Hall–Kier alpha value is -3.91. The molecule has 2 N–H and O–H groups in total. The Morgan fingerprint density at radius 1 is 1.11 bits per heavy atom. The van der Waals surface area contributed by atoms with Gasteiger partial charge < -0.3 is 24.8 Å². The molecular weight excluding hydrogens is 463 g/mol. The van der Waals surface area contributed by atoms with Gasteiger partial charge in [0, 0.05) is 13.1 Å². The lowest BCUT2D eigenvalue weighted by molar-refractivity contribution is -0.136. The maximum Gasteiger partial charge on any atom is 0.249 e. The van der Waals surface area contributed by atoms with Gasteiger partial charge in [-0.15, -0.1) is 0 Å². The summed E-state index contributed by atoms with van der Waals surface area (Å²) in [6.45, 7) is 0.688. The van der Waals surface area contributed by atoms with Gasteiger partial charge in [0.15, 0.2) is 11.6 Å². The Bertz CT molecular complexity index is 1290. The Kier molecular flexibility index (Phi) is 6.86. The summed E-state index contributed by atoms with van der Waals surface area (Å²) in [6.07, 6.45) is 1.28. The molecule has 3 aliphatic heterocycles. The predicted molar refractivity (Wildman–Crippen MR) is 131 cm³/mol. The number of ether oxygens (including phenoxy) is 2. The fourth-order valence-corrected chi connectivity index (χ4v) is 4.76. The minimum atomic E-state index is -0.579. The molecule has 2 amide bonds. The lowest BCUT2D eigenvalue weighted by Gasteiger charge is -2.37. The van der Waals surface area contributed by atoms with E-state index >= 15 is 0 Å². The van der Waals surface area contributed by atoms with Gasteiger partial charge in [0.1, 0.15) is 18.1 Å². The van der Waals surface area contributed by atoms with Gasteiger partial charge in [0.2, 0.25) is 11.8 Å². The van der Waals surface area contributed by atoms with Crippen LogP contribution in [0.1, 0.15) is 34.7 Å². The minimum absolute atomic E-state index is 0.0451. The van der Waals surface area contributed by atoms with E-state index < -0.39 is 18.5 Å². The summed E-state index contributed by atoms with van der Waals surface area (Å²) in [5.41, 5.74) is 3.38. The molecule has 3 heterocycles. The molecule has 8 heteroatoms. The minimum Gasteiger partial charge on any atom is -0.494 e. The number of halogens is 1. The maximum atomic E-state index is 14.5. The van der Waals surface area contributed by atoms with Crippen LogP contribution in [0.5, 0.6) is 17.2 Å². The topological polar surface area (TPSA) is 88.1 Å². The zero-order valence-electron chi connectivity index (χ0n) is 19.7. The fourth-order valence-electron chi connectivity index (χ4n) is 4.76. The van der Waals surface area contributed by atoms with Crippen molar-refractivity contribution in [1.29, 1.82) is 0 Å². The van der Waals surface area contributed by atoms with Crippen LogP contribution in [0.3, 0.4) is 0 Å². The van der Waals surface area contributed by atoms with Crippen LogP contribution in [-0.4, -0.2) is 48.1 Å². The number of carbonyl (C=O) groups excluding carboxylic acids is 2. The first-order valence-corrected chi connectivity index (χ1v) is 12.0. The summed E-state index contributed by atoms with van der Waals surface area (Å²) in [5.74, 6) is 0.126. The van der Waals surface area contributed by atoms with Crippen molar-refractivity contribution in [3.63, 3.8) is 0 Å². The average molecular weight is 491 g/mol. The van der Waals surface area contributed by atoms with Crippen molar-refractivity contribution < 1.29 is 28.6 Å². The summed E-state index contributed by atoms with van der Waals surface area (Å²) in [7, 11) is 0. The first-order valence-electron chi connectivity index (χ1n) is 12.0. The molecule has 8 bridgehead atoms. The van der Waals surface area contributed by atoms with Crippen LogP contribution in [0, 0.1) is 5.82 Å². The van der Waals surface area contributed by atoms with Crippen LogP contribution in [0.25, 0.3) is 0 Å². The third-order valence-electron chi connectivity index (χ3n) is 6.47. The highest BCUT2D eigenvalue weighted by Gasteiger charge is 2.32. The molecule has 36 heavy (non-hydrogen) atoms. The number of amides is 2. The first-order chi connectivity index (χ1) is 17.5. The van der Waals surface area contributed by atoms with Crippen LogP contribution in [-0.2, 0) is 22.4 Å². The van der Waals surface area contributed by atoms with Crippen molar-refractivity contribution >= 4 is 11.8 Å². The number of hydrogen-bond donors (Lipinski definition) is 2. The van der Waals surface area contributed by atoms with Gasteiger partial charge in [-0.3, -0.25) is 9.59 Å². The number of nitrogens with zero attached hydrogens (tertiary/aromatic N) is 1. The maximum absolute atomic E-state index is 14.5. The van der Waals surface area contributed by atoms with E-state index in [1.165, 1.54) is 6.07 Å². The van der Waals surface area contributed by atoms with Gasteiger partial charge >= 0.3 is 0 Å². The fraction of sp³-hybridized carbons (Fsp3) is 0.286. The van der Waals surface area contributed by atoms with Crippen molar-refractivity contribution in [2.24, 2.45) is 0 Å². The third-order valence-corrected chi connectivity index (χ3v) is 6.47. The summed E-state index contributed by atoms with van der Waals surface area (Å²) in [6, 6.07) is 17.0. The molecule has 0 aromatic heterocycles. The van der Waals surface area contributed by atoms with E-state index in [9.17, 15) is 19.1 Å². The quantitative estimate of drug-likeness (QED) is 0.545. The lowest BCUT2D eigenvalue weighted by Crippen LogP contribution is -2.42. The number of carbonyl (C=O) groups is 2. The molecular formula is C28H27FN2O5. The lowest BCUT2D eigenvalue weighted by atomic mass is 9.87. The highest BCUT2D eigenvalue weighted by molar-refractivity contribution is 5.79. The van der Waals surface area contributed by atoms with Crippen LogP contribution in [0.4, 0.5) is 4.39 Å². The van der Waals surface area contributed by atoms with Crippen LogP contribution >= 0.6 is 0 Å². The number of aliphatic hydroxyl groups is 1. The average Bonchev–Trinajstić information content (AvgIpc) is 2.89. The third kappa shape index (κ3) is 5.04. The van der Waals surface area contributed by atoms with Crippen LogP contribution in [0.2, 0.25) is 0 Å². The van der Waals surface area contributed by atoms with E-state index in [1.54, 1.807) is 23.1 Å². The molecule has 3 aromatic carbocycles. The zero-order valence-corrected chi connectivity index (χ0v) is 19.7. The van der Waals surface area contributed by atoms with Crippen molar-refractivity contribution in [3.8, 4) is 17.2 Å². The van der Waals surface area contributed by atoms with Crippen molar-refractivity contribution in [2.75, 3.05) is 26.3 Å². The SMILES string of the molecule is O=C1Cc2ccc(F)c(c2)Oc2ccc3c(c2)CCN(C(=O)CO)C3c2cccc(c2)OCCCN1. The number of hydrogen-bond acceptors (Lipinski definition) is 5.